The first-order valence-corrected chi connectivity index (χ1v) is 5.73. The van der Waals surface area contributed by atoms with Crippen LogP contribution in [0.15, 0.2) is 58.3 Å². The van der Waals surface area contributed by atoms with Gasteiger partial charge in [-0.05, 0) is 42.0 Å². The van der Waals surface area contributed by atoms with Crippen LogP contribution >= 0.6 is 11.8 Å². The number of aliphatic hydroxyl groups excluding tert-OH is 1. The van der Waals surface area contributed by atoms with E-state index in [4.69, 9.17) is 5.11 Å². The van der Waals surface area contributed by atoms with E-state index >= 15 is 0 Å². The van der Waals surface area contributed by atoms with Gasteiger partial charge in [-0.1, -0.05) is 23.9 Å². The van der Waals surface area contributed by atoms with Crippen molar-refractivity contribution in [3.8, 4) is 0 Å². The zero-order valence-corrected chi connectivity index (χ0v) is 9.38. The highest BCUT2D eigenvalue weighted by Crippen LogP contribution is 2.27. The van der Waals surface area contributed by atoms with Crippen molar-refractivity contribution in [1.82, 2.24) is 0 Å². The Morgan fingerprint density at radius 2 is 1.38 bits per heavy atom. The Morgan fingerprint density at radius 3 is 1.88 bits per heavy atom. The van der Waals surface area contributed by atoms with Gasteiger partial charge in [0.2, 0.25) is 0 Å². The van der Waals surface area contributed by atoms with Crippen molar-refractivity contribution in [2.24, 2.45) is 0 Å². The van der Waals surface area contributed by atoms with E-state index in [1.165, 1.54) is 12.1 Å². The highest BCUT2D eigenvalue weighted by molar-refractivity contribution is 7.99. The number of hydrogen-bond donors (Lipinski definition) is 1. The molecule has 82 valence electrons. The SMILES string of the molecule is OCc1ccc(Sc2ccc(F)cc2)cc1. The van der Waals surface area contributed by atoms with Gasteiger partial charge in [-0.2, -0.15) is 0 Å². The molecule has 1 nitrogen and oxygen atoms in total. The lowest BCUT2D eigenvalue weighted by Gasteiger charge is -2.02. The van der Waals surface area contributed by atoms with Gasteiger partial charge in [-0.15, -0.1) is 0 Å². The van der Waals surface area contributed by atoms with E-state index in [0.29, 0.717) is 0 Å². The molecule has 0 heterocycles. The highest BCUT2D eigenvalue weighted by Gasteiger charge is 1.98. The summed E-state index contributed by atoms with van der Waals surface area (Å²) in [4.78, 5) is 2.07. The Kier molecular flexibility index (Phi) is 3.59. The van der Waals surface area contributed by atoms with Crippen LogP contribution in [-0.4, -0.2) is 5.11 Å². The molecule has 0 spiro atoms. The highest BCUT2D eigenvalue weighted by atomic mass is 32.2. The molecule has 0 amide bonds. The van der Waals surface area contributed by atoms with Crippen molar-refractivity contribution < 1.29 is 9.50 Å². The molecule has 3 heteroatoms. The number of hydrogen-bond acceptors (Lipinski definition) is 2. The molecule has 0 radical (unpaired) electrons. The lowest BCUT2D eigenvalue weighted by molar-refractivity contribution is 0.282. The summed E-state index contributed by atoms with van der Waals surface area (Å²) in [6.45, 7) is 0.0570. The van der Waals surface area contributed by atoms with Gasteiger partial charge in [0.15, 0.2) is 0 Å². The quantitative estimate of drug-likeness (QED) is 0.877. The largest absolute Gasteiger partial charge is 0.392 e. The molecule has 0 saturated carbocycles. The van der Waals surface area contributed by atoms with Crippen LogP contribution in [0.5, 0.6) is 0 Å². The molecule has 0 atom stereocenters. The van der Waals surface area contributed by atoms with Gasteiger partial charge < -0.3 is 5.11 Å². The maximum atomic E-state index is 12.7. The van der Waals surface area contributed by atoms with E-state index < -0.39 is 0 Å². The molecular formula is C13H11FOS. The van der Waals surface area contributed by atoms with Crippen LogP contribution in [0.25, 0.3) is 0 Å². The third-order valence-electron chi connectivity index (χ3n) is 2.16. The topological polar surface area (TPSA) is 20.2 Å². The van der Waals surface area contributed by atoms with E-state index in [9.17, 15) is 4.39 Å². The molecule has 2 rings (SSSR count). The van der Waals surface area contributed by atoms with E-state index in [2.05, 4.69) is 0 Å². The fourth-order valence-corrected chi connectivity index (χ4v) is 2.12. The summed E-state index contributed by atoms with van der Waals surface area (Å²) >= 11 is 1.57. The van der Waals surface area contributed by atoms with Crippen LogP contribution in [0.3, 0.4) is 0 Å². The lowest BCUT2D eigenvalue weighted by atomic mass is 10.2. The zero-order valence-electron chi connectivity index (χ0n) is 8.56. The van der Waals surface area contributed by atoms with Crippen molar-refractivity contribution >= 4 is 11.8 Å². The van der Waals surface area contributed by atoms with E-state index in [-0.39, 0.29) is 12.4 Å². The predicted octanol–water partition coefficient (Wildman–Crippen LogP) is 3.47. The summed E-state index contributed by atoms with van der Waals surface area (Å²) in [6.07, 6.45) is 0. The van der Waals surface area contributed by atoms with Gasteiger partial charge in [0, 0.05) is 9.79 Å². The molecule has 0 aromatic heterocycles. The van der Waals surface area contributed by atoms with Crippen LogP contribution in [-0.2, 0) is 6.61 Å². The Labute approximate surface area is 97.9 Å². The molecule has 2 aromatic carbocycles. The monoisotopic (exact) mass is 234 g/mol. The van der Waals surface area contributed by atoms with Crippen molar-refractivity contribution in [1.29, 1.82) is 0 Å². The van der Waals surface area contributed by atoms with Crippen LogP contribution in [0, 0.1) is 5.82 Å². The number of halogens is 1. The molecule has 0 fully saturated rings. The van der Waals surface area contributed by atoms with Gasteiger partial charge in [0.25, 0.3) is 0 Å². The Hall–Kier alpha value is -1.32. The smallest absolute Gasteiger partial charge is 0.123 e. The van der Waals surface area contributed by atoms with E-state index in [0.717, 1.165) is 15.4 Å². The van der Waals surface area contributed by atoms with Crippen molar-refractivity contribution in [3.05, 3.63) is 59.9 Å². The molecule has 0 aliphatic heterocycles. The Balaban J connectivity index is 2.11. The molecule has 0 aliphatic rings. The second-order valence-corrected chi connectivity index (χ2v) is 4.50. The summed E-state index contributed by atoms with van der Waals surface area (Å²) < 4.78 is 12.7. The standard InChI is InChI=1S/C13H11FOS/c14-11-3-7-13(8-4-11)16-12-5-1-10(9-15)2-6-12/h1-8,15H,9H2. The van der Waals surface area contributed by atoms with Gasteiger partial charge >= 0.3 is 0 Å². The molecule has 0 unspecified atom stereocenters. The third kappa shape index (κ3) is 2.84. The predicted molar refractivity (Wildman–Crippen MR) is 62.9 cm³/mol. The molecule has 1 N–H and O–H groups in total. The minimum atomic E-state index is -0.222. The first-order chi connectivity index (χ1) is 7.78. The van der Waals surface area contributed by atoms with Crippen LogP contribution in [0.4, 0.5) is 4.39 Å². The second-order valence-electron chi connectivity index (χ2n) is 3.36. The Bertz CT molecular complexity index is 450. The summed E-state index contributed by atoms with van der Waals surface area (Å²) in [6, 6.07) is 14.0. The molecule has 0 saturated heterocycles. The molecular weight excluding hydrogens is 223 g/mol. The Morgan fingerprint density at radius 1 is 0.875 bits per heavy atom. The van der Waals surface area contributed by atoms with Crippen molar-refractivity contribution in [2.45, 2.75) is 16.4 Å². The van der Waals surface area contributed by atoms with Crippen molar-refractivity contribution in [2.75, 3.05) is 0 Å². The summed E-state index contributed by atoms with van der Waals surface area (Å²) in [7, 11) is 0. The average molecular weight is 234 g/mol. The normalized spacial score (nSPS) is 10.4. The fourth-order valence-electron chi connectivity index (χ4n) is 1.30. The van der Waals surface area contributed by atoms with Gasteiger partial charge in [0.05, 0.1) is 6.61 Å². The van der Waals surface area contributed by atoms with Gasteiger partial charge in [0.1, 0.15) is 5.82 Å². The van der Waals surface area contributed by atoms with Gasteiger partial charge in [-0.25, -0.2) is 4.39 Å². The lowest BCUT2D eigenvalue weighted by Crippen LogP contribution is -1.81. The first-order valence-electron chi connectivity index (χ1n) is 4.91. The molecule has 0 bridgehead atoms. The van der Waals surface area contributed by atoms with E-state index in [1.807, 2.05) is 24.3 Å². The van der Waals surface area contributed by atoms with Gasteiger partial charge in [-0.3, -0.25) is 0 Å². The summed E-state index contributed by atoms with van der Waals surface area (Å²) in [5.41, 5.74) is 0.892. The maximum Gasteiger partial charge on any atom is 0.123 e. The second kappa shape index (κ2) is 5.14. The molecule has 0 aliphatic carbocycles. The third-order valence-corrected chi connectivity index (χ3v) is 3.17. The zero-order chi connectivity index (χ0) is 11.4. The van der Waals surface area contributed by atoms with Crippen LogP contribution < -0.4 is 0 Å². The van der Waals surface area contributed by atoms with Crippen LogP contribution in [0.2, 0.25) is 0 Å². The fraction of sp³-hybridized carbons (Fsp3) is 0.0769. The summed E-state index contributed by atoms with van der Waals surface area (Å²) in [5.74, 6) is -0.222. The minimum Gasteiger partial charge on any atom is -0.392 e. The number of benzene rings is 2. The average Bonchev–Trinajstić information content (AvgIpc) is 2.33. The maximum absolute atomic E-state index is 12.7. The van der Waals surface area contributed by atoms with Crippen molar-refractivity contribution in [3.63, 3.8) is 0 Å². The summed E-state index contributed by atoms with van der Waals surface area (Å²) in [5, 5.41) is 8.90. The molecule has 16 heavy (non-hydrogen) atoms. The minimum absolute atomic E-state index is 0.0570. The number of rotatable bonds is 3. The molecule has 2 aromatic rings. The van der Waals surface area contributed by atoms with Crippen LogP contribution in [0.1, 0.15) is 5.56 Å². The first kappa shape index (κ1) is 11.2. The number of aliphatic hydroxyl groups is 1. The van der Waals surface area contributed by atoms with E-state index in [1.54, 1.807) is 23.9 Å².